The molecule has 1 heterocycles. The Hall–Kier alpha value is -0.220. The van der Waals surface area contributed by atoms with Gasteiger partial charge in [-0.3, -0.25) is 4.79 Å². The lowest BCUT2D eigenvalue weighted by atomic mass is 10.3. The summed E-state index contributed by atoms with van der Waals surface area (Å²) in [6, 6.07) is 0. The van der Waals surface area contributed by atoms with Crippen molar-refractivity contribution in [3.63, 3.8) is 0 Å². The first-order valence-electron chi connectivity index (χ1n) is 5.70. The molecular formula is C11H21NO2S. The van der Waals surface area contributed by atoms with Gasteiger partial charge in [-0.25, -0.2) is 0 Å². The molecule has 1 aliphatic heterocycles. The molecule has 0 aromatic rings. The van der Waals surface area contributed by atoms with E-state index in [4.69, 9.17) is 5.11 Å². The third-order valence-electron chi connectivity index (χ3n) is 2.74. The highest BCUT2D eigenvalue weighted by atomic mass is 32.2. The van der Waals surface area contributed by atoms with Crippen molar-refractivity contribution in [1.29, 1.82) is 0 Å². The predicted molar refractivity (Wildman–Crippen MR) is 64.0 cm³/mol. The molecule has 88 valence electrons. The molecule has 1 fully saturated rings. The normalized spacial score (nSPS) is 20.3. The lowest BCUT2D eigenvalue weighted by molar-refractivity contribution is -0.129. The van der Waals surface area contributed by atoms with Crippen LogP contribution in [0.25, 0.3) is 0 Å². The van der Waals surface area contributed by atoms with E-state index in [0.29, 0.717) is 5.25 Å². The minimum atomic E-state index is 0.0321. The Morgan fingerprint density at radius 2 is 2.00 bits per heavy atom. The number of aliphatic hydroxyl groups excluding tert-OH is 1. The van der Waals surface area contributed by atoms with E-state index in [1.165, 1.54) is 0 Å². The smallest absolute Gasteiger partial charge is 0.235 e. The SMILES string of the molecule is CC(CCO)SC(C)C(=O)N1CCCC1. The monoisotopic (exact) mass is 231 g/mol. The van der Waals surface area contributed by atoms with Crippen LogP contribution in [0.3, 0.4) is 0 Å². The summed E-state index contributed by atoms with van der Waals surface area (Å²) in [4.78, 5) is 13.9. The molecule has 1 rings (SSSR count). The van der Waals surface area contributed by atoms with Gasteiger partial charge in [-0.05, 0) is 26.2 Å². The van der Waals surface area contributed by atoms with Crippen molar-refractivity contribution >= 4 is 17.7 Å². The van der Waals surface area contributed by atoms with Crippen LogP contribution in [0.1, 0.15) is 33.1 Å². The van der Waals surface area contributed by atoms with Crippen molar-refractivity contribution < 1.29 is 9.90 Å². The van der Waals surface area contributed by atoms with Crippen LogP contribution in [0.15, 0.2) is 0 Å². The van der Waals surface area contributed by atoms with Crippen molar-refractivity contribution in [2.45, 2.75) is 43.6 Å². The van der Waals surface area contributed by atoms with Crippen LogP contribution in [0.2, 0.25) is 0 Å². The Kier molecular flexibility index (Phi) is 5.47. The molecule has 3 nitrogen and oxygen atoms in total. The Balaban J connectivity index is 2.31. The summed E-state index contributed by atoms with van der Waals surface area (Å²) in [5.41, 5.74) is 0. The quantitative estimate of drug-likeness (QED) is 0.779. The lowest BCUT2D eigenvalue weighted by Gasteiger charge is -2.22. The van der Waals surface area contributed by atoms with Gasteiger partial charge in [-0.2, -0.15) is 0 Å². The molecule has 1 saturated heterocycles. The van der Waals surface area contributed by atoms with Crippen molar-refractivity contribution in [2.24, 2.45) is 0 Å². The van der Waals surface area contributed by atoms with E-state index in [-0.39, 0.29) is 17.8 Å². The van der Waals surface area contributed by atoms with E-state index in [2.05, 4.69) is 6.92 Å². The number of hydrogen-bond donors (Lipinski definition) is 1. The molecule has 0 aromatic carbocycles. The minimum absolute atomic E-state index is 0.0321. The maximum atomic E-state index is 11.9. The highest BCUT2D eigenvalue weighted by Gasteiger charge is 2.24. The standard InChI is InChI=1S/C11H21NO2S/c1-9(5-8-13)15-10(2)11(14)12-6-3-4-7-12/h9-10,13H,3-8H2,1-2H3. The summed E-state index contributed by atoms with van der Waals surface area (Å²) in [5.74, 6) is 0.266. The van der Waals surface area contributed by atoms with Gasteiger partial charge in [0, 0.05) is 24.9 Å². The third kappa shape index (κ3) is 4.03. The highest BCUT2D eigenvalue weighted by molar-refractivity contribution is 8.01. The Bertz CT molecular complexity index is 205. The number of likely N-dealkylation sites (tertiary alicyclic amines) is 1. The van der Waals surface area contributed by atoms with Gasteiger partial charge in [0.2, 0.25) is 5.91 Å². The molecule has 15 heavy (non-hydrogen) atoms. The number of aliphatic hydroxyl groups is 1. The number of nitrogens with zero attached hydrogens (tertiary/aromatic N) is 1. The molecule has 1 aliphatic rings. The predicted octanol–water partition coefficient (Wildman–Crippen LogP) is 1.50. The fourth-order valence-electron chi connectivity index (χ4n) is 1.85. The van der Waals surface area contributed by atoms with Gasteiger partial charge in [-0.15, -0.1) is 11.8 Å². The van der Waals surface area contributed by atoms with Crippen molar-refractivity contribution in [1.82, 2.24) is 4.90 Å². The van der Waals surface area contributed by atoms with Gasteiger partial charge < -0.3 is 10.0 Å². The summed E-state index contributed by atoms with van der Waals surface area (Å²) in [5, 5.41) is 9.18. The third-order valence-corrected chi connectivity index (χ3v) is 4.05. The Labute approximate surface area is 96.2 Å². The van der Waals surface area contributed by atoms with Crippen molar-refractivity contribution in [3.05, 3.63) is 0 Å². The maximum Gasteiger partial charge on any atom is 0.235 e. The second-order valence-corrected chi connectivity index (χ2v) is 5.92. The van der Waals surface area contributed by atoms with E-state index in [1.54, 1.807) is 11.8 Å². The molecule has 0 radical (unpaired) electrons. The second-order valence-electron chi connectivity index (χ2n) is 4.13. The largest absolute Gasteiger partial charge is 0.396 e. The van der Waals surface area contributed by atoms with Gasteiger partial charge in [0.25, 0.3) is 0 Å². The molecule has 0 saturated carbocycles. The van der Waals surface area contributed by atoms with Crippen LogP contribution in [0, 0.1) is 0 Å². The first-order chi connectivity index (χ1) is 7.15. The molecular weight excluding hydrogens is 210 g/mol. The van der Waals surface area contributed by atoms with Crippen LogP contribution in [0.4, 0.5) is 0 Å². The van der Waals surface area contributed by atoms with E-state index in [9.17, 15) is 4.79 Å². The summed E-state index contributed by atoms with van der Waals surface area (Å²) >= 11 is 1.67. The number of carbonyl (C=O) groups is 1. The number of carbonyl (C=O) groups excluding carboxylic acids is 1. The summed E-state index contributed by atoms with van der Waals surface area (Å²) in [7, 11) is 0. The van der Waals surface area contributed by atoms with Gasteiger partial charge in [-0.1, -0.05) is 6.92 Å². The number of amides is 1. The van der Waals surface area contributed by atoms with Crippen LogP contribution in [0.5, 0.6) is 0 Å². The average molecular weight is 231 g/mol. The summed E-state index contributed by atoms with van der Waals surface area (Å²) in [6.45, 7) is 6.10. The second kappa shape index (κ2) is 6.38. The first kappa shape index (κ1) is 12.8. The zero-order valence-electron chi connectivity index (χ0n) is 9.61. The molecule has 1 N–H and O–H groups in total. The van der Waals surface area contributed by atoms with E-state index in [0.717, 1.165) is 32.4 Å². The lowest BCUT2D eigenvalue weighted by Crippen LogP contribution is -2.34. The van der Waals surface area contributed by atoms with Crippen molar-refractivity contribution in [2.75, 3.05) is 19.7 Å². The summed E-state index contributed by atoms with van der Waals surface area (Å²) < 4.78 is 0. The van der Waals surface area contributed by atoms with Crippen LogP contribution < -0.4 is 0 Å². The average Bonchev–Trinajstić information content (AvgIpc) is 2.69. The Morgan fingerprint density at radius 1 is 1.40 bits per heavy atom. The zero-order chi connectivity index (χ0) is 11.3. The molecule has 0 aliphatic carbocycles. The highest BCUT2D eigenvalue weighted by Crippen LogP contribution is 2.22. The van der Waals surface area contributed by atoms with E-state index >= 15 is 0 Å². The molecule has 4 heteroatoms. The van der Waals surface area contributed by atoms with Crippen LogP contribution in [-0.2, 0) is 4.79 Å². The molecule has 0 aromatic heterocycles. The van der Waals surface area contributed by atoms with E-state index in [1.807, 2.05) is 11.8 Å². The van der Waals surface area contributed by atoms with Gasteiger partial charge in [0.05, 0.1) is 5.25 Å². The van der Waals surface area contributed by atoms with Crippen LogP contribution in [-0.4, -0.2) is 46.1 Å². The zero-order valence-corrected chi connectivity index (χ0v) is 10.4. The molecule has 0 bridgehead atoms. The molecule has 2 unspecified atom stereocenters. The molecule has 2 atom stereocenters. The fourth-order valence-corrected chi connectivity index (χ4v) is 3.06. The number of hydrogen-bond acceptors (Lipinski definition) is 3. The first-order valence-corrected chi connectivity index (χ1v) is 6.64. The van der Waals surface area contributed by atoms with Gasteiger partial charge >= 0.3 is 0 Å². The number of rotatable bonds is 5. The minimum Gasteiger partial charge on any atom is -0.396 e. The number of thioether (sulfide) groups is 1. The van der Waals surface area contributed by atoms with Crippen molar-refractivity contribution in [3.8, 4) is 0 Å². The van der Waals surface area contributed by atoms with Crippen LogP contribution >= 0.6 is 11.8 Å². The van der Waals surface area contributed by atoms with Gasteiger partial charge in [0.15, 0.2) is 0 Å². The summed E-state index contributed by atoms with van der Waals surface area (Å²) in [6.07, 6.45) is 3.06. The Morgan fingerprint density at radius 3 is 2.53 bits per heavy atom. The molecule has 0 spiro atoms. The van der Waals surface area contributed by atoms with Gasteiger partial charge in [0.1, 0.15) is 0 Å². The molecule has 1 amide bonds. The van der Waals surface area contributed by atoms with E-state index < -0.39 is 0 Å². The topological polar surface area (TPSA) is 40.5 Å². The maximum absolute atomic E-state index is 11.9. The fraction of sp³-hybridized carbons (Fsp3) is 0.909.